The fourth-order valence-electron chi connectivity index (χ4n) is 3.71. The van der Waals surface area contributed by atoms with Gasteiger partial charge in [0.1, 0.15) is 0 Å². The first-order valence-corrected chi connectivity index (χ1v) is 11.0. The van der Waals surface area contributed by atoms with Gasteiger partial charge in [0, 0.05) is 12.2 Å². The number of nitrogens with zero attached hydrogens (tertiary/aromatic N) is 5. The molecule has 8 heteroatoms. The topological polar surface area (TPSA) is 77.6 Å². The van der Waals surface area contributed by atoms with E-state index in [0.29, 0.717) is 30.2 Å². The van der Waals surface area contributed by atoms with Crippen LogP contribution in [0.2, 0.25) is 0 Å². The molecule has 5 aromatic rings. The number of fused-ring (bicyclic) bond motifs is 2. The van der Waals surface area contributed by atoms with Crippen LogP contribution in [0.4, 0.5) is 11.6 Å². The molecule has 0 unspecified atom stereocenters. The second-order valence-corrected chi connectivity index (χ2v) is 8.79. The molecule has 0 fully saturated rings. The molecule has 0 amide bonds. The molecule has 0 saturated heterocycles. The van der Waals surface area contributed by atoms with Crippen molar-refractivity contribution in [2.75, 3.05) is 5.32 Å². The van der Waals surface area contributed by atoms with Gasteiger partial charge in [0.05, 0.1) is 28.1 Å². The number of hydrogen-bond acceptors (Lipinski definition) is 6. The Balaban J connectivity index is 1.64. The number of aromatic nitrogens is 5. The molecule has 0 atom stereocenters. The SMILES string of the molecule is CCn1cnc2c1c(=O)nc(Nc1ccc3nc(C)sc3c1)n2Cc1ccc(C)cc1. The van der Waals surface area contributed by atoms with Crippen LogP contribution in [0.3, 0.4) is 0 Å². The molecule has 0 saturated carbocycles. The smallest absolute Gasteiger partial charge is 0.300 e. The standard InChI is InChI=1S/C23H22N6OS/c1-4-28-13-24-21-20(28)22(30)27-23(29(21)12-16-7-5-14(2)6-8-16)26-17-9-10-18-19(11-17)31-15(3)25-18/h5-11,13H,4,12H2,1-3H3,(H,26,27,30). The molecule has 7 nitrogen and oxygen atoms in total. The van der Waals surface area contributed by atoms with Crippen LogP contribution in [0.5, 0.6) is 0 Å². The molecule has 0 aliphatic rings. The monoisotopic (exact) mass is 430 g/mol. The largest absolute Gasteiger partial charge is 0.325 e. The molecule has 1 N–H and O–H groups in total. The number of thiazole rings is 1. The molecule has 2 aromatic carbocycles. The Morgan fingerprint density at radius 1 is 1.06 bits per heavy atom. The Bertz CT molecular complexity index is 1460. The fourth-order valence-corrected chi connectivity index (χ4v) is 4.57. The van der Waals surface area contributed by atoms with E-state index in [1.54, 1.807) is 17.7 Å². The van der Waals surface area contributed by atoms with Gasteiger partial charge in [0.25, 0.3) is 0 Å². The molecule has 3 aromatic heterocycles. The van der Waals surface area contributed by atoms with E-state index < -0.39 is 0 Å². The highest BCUT2D eigenvalue weighted by molar-refractivity contribution is 7.18. The molecule has 0 aliphatic carbocycles. The lowest BCUT2D eigenvalue weighted by Crippen LogP contribution is -2.20. The first-order chi connectivity index (χ1) is 15.0. The third-order valence-electron chi connectivity index (χ3n) is 5.29. The molecular weight excluding hydrogens is 408 g/mol. The summed E-state index contributed by atoms with van der Waals surface area (Å²) in [5, 5.41) is 4.37. The molecule has 5 rings (SSSR count). The predicted octanol–water partition coefficient (Wildman–Crippen LogP) is 4.63. The highest BCUT2D eigenvalue weighted by Gasteiger charge is 2.16. The van der Waals surface area contributed by atoms with Gasteiger partial charge in [-0.15, -0.1) is 11.3 Å². The lowest BCUT2D eigenvalue weighted by atomic mass is 10.1. The third kappa shape index (κ3) is 3.59. The summed E-state index contributed by atoms with van der Waals surface area (Å²) in [4.78, 5) is 26.3. The Labute approximate surface area is 183 Å². The van der Waals surface area contributed by atoms with Gasteiger partial charge in [-0.25, -0.2) is 9.97 Å². The van der Waals surface area contributed by atoms with Gasteiger partial charge in [0.2, 0.25) is 5.95 Å². The predicted molar refractivity (Wildman–Crippen MR) is 125 cm³/mol. The second-order valence-electron chi connectivity index (χ2n) is 7.56. The maximum absolute atomic E-state index is 12.9. The number of aryl methyl sites for hydroxylation is 3. The molecule has 0 radical (unpaired) electrons. The molecule has 0 spiro atoms. The number of imidazole rings is 1. The van der Waals surface area contributed by atoms with Crippen LogP contribution in [0, 0.1) is 13.8 Å². The quantitative estimate of drug-likeness (QED) is 0.440. The van der Waals surface area contributed by atoms with Crippen LogP contribution >= 0.6 is 11.3 Å². The lowest BCUT2D eigenvalue weighted by Gasteiger charge is -2.15. The number of nitrogens with one attached hydrogen (secondary N) is 1. The van der Waals surface area contributed by atoms with Crippen molar-refractivity contribution < 1.29 is 0 Å². The Morgan fingerprint density at radius 2 is 1.87 bits per heavy atom. The highest BCUT2D eigenvalue weighted by atomic mass is 32.1. The van der Waals surface area contributed by atoms with Crippen molar-refractivity contribution in [1.29, 1.82) is 0 Å². The average Bonchev–Trinajstić information content (AvgIpc) is 3.35. The Kier molecular flexibility index (Phi) is 4.78. The van der Waals surface area contributed by atoms with Gasteiger partial charge < -0.3 is 9.88 Å². The minimum absolute atomic E-state index is 0.285. The highest BCUT2D eigenvalue weighted by Crippen LogP contribution is 2.27. The summed E-state index contributed by atoms with van der Waals surface area (Å²) in [6.45, 7) is 7.26. The maximum atomic E-state index is 12.9. The van der Waals surface area contributed by atoms with Crippen molar-refractivity contribution in [3.05, 3.63) is 75.3 Å². The molecule has 3 heterocycles. The van der Waals surface area contributed by atoms with Crippen molar-refractivity contribution in [1.82, 2.24) is 24.1 Å². The fraction of sp³-hybridized carbons (Fsp3) is 0.217. The van der Waals surface area contributed by atoms with Crippen LogP contribution in [-0.4, -0.2) is 24.1 Å². The molecule has 0 aliphatic heterocycles. The molecule has 156 valence electrons. The Morgan fingerprint density at radius 3 is 2.65 bits per heavy atom. The third-order valence-corrected chi connectivity index (χ3v) is 6.23. The van der Waals surface area contributed by atoms with Gasteiger partial charge >= 0.3 is 5.56 Å². The van der Waals surface area contributed by atoms with Gasteiger partial charge in [-0.2, -0.15) is 4.98 Å². The molecule has 31 heavy (non-hydrogen) atoms. The number of anilines is 2. The van der Waals surface area contributed by atoms with E-state index in [4.69, 9.17) is 0 Å². The average molecular weight is 431 g/mol. The van der Waals surface area contributed by atoms with E-state index in [9.17, 15) is 4.79 Å². The van der Waals surface area contributed by atoms with Gasteiger partial charge in [-0.05, 0) is 44.5 Å². The van der Waals surface area contributed by atoms with Crippen LogP contribution in [0.15, 0.2) is 53.6 Å². The van der Waals surface area contributed by atoms with Crippen LogP contribution < -0.4 is 10.9 Å². The zero-order valence-electron chi connectivity index (χ0n) is 17.6. The minimum atomic E-state index is -0.285. The normalized spacial score (nSPS) is 11.5. The summed E-state index contributed by atoms with van der Waals surface area (Å²) in [5.74, 6) is 0.472. The summed E-state index contributed by atoms with van der Waals surface area (Å²) < 4.78 is 4.90. The maximum Gasteiger partial charge on any atom is 0.300 e. The zero-order valence-corrected chi connectivity index (χ0v) is 18.4. The van der Waals surface area contributed by atoms with E-state index in [2.05, 4.69) is 51.5 Å². The van der Waals surface area contributed by atoms with Crippen molar-refractivity contribution in [3.63, 3.8) is 0 Å². The Hall–Kier alpha value is -3.52. The minimum Gasteiger partial charge on any atom is -0.325 e. The van der Waals surface area contributed by atoms with Crippen molar-refractivity contribution in [3.8, 4) is 0 Å². The number of rotatable bonds is 5. The first-order valence-electron chi connectivity index (χ1n) is 10.2. The molecule has 0 bridgehead atoms. The summed E-state index contributed by atoms with van der Waals surface area (Å²) in [6.07, 6.45) is 1.70. The van der Waals surface area contributed by atoms with Crippen LogP contribution in [0.1, 0.15) is 23.1 Å². The van der Waals surface area contributed by atoms with E-state index in [-0.39, 0.29) is 5.56 Å². The van der Waals surface area contributed by atoms with E-state index >= 15 is 0 Å². The summed E-state index contributed by atoms with van der Waals surface area (Å²) in [5.41, 5.74) is 5.00. The second kappa shape index (κ2) is 7.63. The number of benzene rings is 2. The zero-order chi connectivity index (χ0) is 21.5. The summed E-state index contributed by atoms with van der Waals surface area (Å²) >= 11 is 1.64. The van der Waals surface area contributed by atoms with Crippen molar-refractivity contribution in [2.45, 2.75) is 33.9 Å². The van der Waals surface area contributed by atoms with Gasteiger partial charge in [-0.3, -0.25) is 9.36 Å². The first kappa shape index (κ1) is 19.4. The van der Waals surface area contributed by atoms with Crippen LogP contribution in [-0.2, 0) is 13.1 Å². The van der Waals surface area contributed by atoms with Gasteiger partial charge in [-0.1, -0.05) is 29.8 Å². The summed E-state index contributed by atoms with van der Waals surface area (Å²) in [6, 6.07) is 14.3. The van der Waals surface area contributed by atoms with E-state index in [1.165, 1.54) is 5.56 Å². The van der Waals surface area contributed by atoms with E-state index in [0.717, 1.165) is 26.5 Å². The van der Waals surface area contributed by atoms with Crippen LogP contribution in [0.25, 0.3) is 21.4 Å². The van der Waals surface area contributed by atoms with Gasteiger partial charge in [0.15, 0.2) is 11.2 Å². The van der Waals surface area contributed by atoms with E-state index in [1.807, 2.05) is 41.2 Å². The number of hydrogen-bond donors (Lipinski definition) is 1. The summed E-state index contributed by atoms with van der Waals surface area (Å²) in [7, 11) is 0. The lowest BCUT2D eigenvalue weighted by molar-refractivity contribution is 0.776. The van der Waals surface area contributed by atoms with Crippen molar-refractivity contribution >= 4 is 44.4 Å². The molecular formula is C23H22N6OS. The van der Waals surface area contributed by atoms with Crippen molar-refractivity contribution in [2.24, 2.45) is 0 Å².